The van der Waals surface area contributed by atoms with Gasteiger partial charge >= 0.3 is 5.97 Å². The van der Waals surface area contributed by atoms with E-state index in [0.717, 1.165) is 46.4 Å². The molecule has 3 aromatic rings. The van der Waals surface area contributed by atoms with Crippen molar-refractivity contribution in [2.24, 2.45) is 4.99 Å². The number of benzene rings is 2. The van der Waals surface area contributed by atoms with E-state index < -0.39 is 5.97 Å². The van der Waals surface area contributed by atoms with Gasteiger partial charge in [-0.1, -0.05) is 55.4 Å². The lowest BCUT2D eigenvalue weighted by Gasteiger charge is -2.07. The second-order valence-corrected chi connectivity index (χ2v) is 8.15. The standard InChI is InChI=1S/C24H22N4O3S/c1-4-5-8-13-31-23(29)21(25-2)20-16-9-6-7-10-17(16)22(27-20)28-24-26-18-12-11-15(30-3)14-19(18)32-24/h6-7,9-12,14H,4-5,8,13H2,1,3H3,(H,26,27,28). The Labute approximate surface area is 190 Å². The quantitative estimate of drug-likeness (QED) is 0.230. The van der Waals surface area contributed by atoms with Crippen LogP contribution in [0.1, 0.15) is 37.3 Å². The lowest BCUT2D eigenvalue weighted by Crippen LogP contribution is -2.17. The molecule has 7 nitrogen and oxygen atoms in total. The fraction of sp³-hybridized carbons (Fsp3) is 0.250. The monoisotopic (exact) mass is 446 g/mol. The van der Waals surface area contributed by atoms with Gasteiger partial charge in [-0.05, 0) is 30.2 Å². The molecule has 0 aliphatic carbocycles. The van der Waals surface area contributed by atoms with E-state index in [2.05, 4.69) is 27.1 Å². The minimum atomic E-state index is -0.623. The molecule has 8 heteroatoms. The third-order valence-electron chi connectivity index (χ3n) is 5.01. The molecule has 0 fully saturated rings. The van der Waals surface area contributed by atoms with E-state index >= 15 is 0 Å². The van der Waals surface area contributed by atoms with E-state index in [0.29, 0.717) is 23.3 Å². The number of fused-ring (bicyclic) bond motifs is 2. The average molecular weight is 447 g/mol. The minimum absolute atomic E-state index is 0.0758. The SMILES string of the molecule is [C-]#[N+]C(C(=O)OCCCCC)=C1NC(=Nc2nc3ccc(OC)cc3s2)c2ccccc21. The number of thiazole rings is 1. The summed E-state index contributed by atoms with van der Waals surface area (Å²) < 4.78 is 11.6. The number of hydrogen-bond acceptors (Lipinski definition) is 6. The summed E-state index contributed by atoms with van der Waals surface area (Å²) in [5.41, 5.74) is 2.71. The van der Waals surface area contributed by atoms with Crippen LogP contribution >= 0.6 is 11.3 Å². The summed E-state index contributed by atoms with van der Waals surface area (Å²) in [5, 5.41) is 3.73. The average Bonchev–Trinajstić information content (AvgIpc) is 3.38. The first-order valence-electron chi connectivity index (χ1n) is 10.3. The summed E-state index contributed by atoms with van der Waals surface area (Å²) in [7, 11) is 1.63. The number of nitrogens with zero attached hydrogens (tertiary/aromatic N) is 3. The normalized spacial score (nSPS) is 15.2. The van der Waals surface area contributed by atoms with Gasteiger partial charge in [0.05, 0.1) is 36.2 Å². The van der Waals surface area contributed by atoms with Crippen LogP contribution in [0.3, 0.4) is 0 Å². The van der Waals surface area contributed by atoms with Gasteiger partial charge in [-0.25, -0.2) is 14.8 Å². The lowest BCUT2D eigenvalue weighted by atomic mass is 10.1. The minimum Gasteiger partial charge on any atom is -0.497 e. The van der Waals surface area contributed by atoms with Gasteiger partial charge in [0.2, 0.25) is 5.13 Å². The van der Waals surface area contributed by atoms with Crippen molar-refractivity contribution in [1.29, 1.82) is 0 Å². The number of aromatic nitrogens is 1. The molecular formula is C24H22N4O3S. The number of unbranched alkanes of at least 4 members (excludes halogenated alkanes) is 2. The number of ether oxygens (including phenoxy) is 2. The van der Waals surface area contributed by atoms with Crippen molar-refractivity contribution in [1.82, 2.24) is 10.3 Å². The van der Waals surface area contributed by atoms with Crippen molar-refractivity contribution < 1.29 is 14.3 Å². The number of esters is 1. The van der Waals surface area contributed by atoms with E-state index in [4.69, 9.17) is 16.0 Å². The maximum atomic E-state index is 12.6. The van der Waals surface area contributed by atoms with Crippen molar-refractivity contribution in [2.45, 2.75) is 26.2 Å². The first-order valence-corrected chi connectivity index (χ1v) is 11.1. The number of rotatable bonds is 7. The Bertz CT molecular complexity index is 1270. The van der Waals surface area contributed by atoms with Gasteiger partial charge in [-0.3, -0.25) is 4.79 Å². The van der Waals surface area contributed by atoms with Gasteiger partial charge < -0.3 is 14.8 Å². The second kappa shape index (κ2) is 9.62. The van der Waals surface area contributed by atoms with Gasteiger partial charge in [0.1, 0.15) is 11.6 Å². The van der Waals surface area contributed by atoms with Crippen molar-refractivity contribution in [3.63, 3.8) is 0 Å². The molecule has 2 heterocycles. The van der Waals surface area contributed by atoms with E-state index in [1.807, 2.05) is 42.5 Å². The van der Waals surface area contributed by atoms with Gasteiger partial charge in [0, 0.05) is 5.56 Å². The zero-order valence-corrected chi connectivity index (χ0v) is 18.7. The van der Waals surface area contributed by atoms with E-state index in [1.165, 1.54) is 11.3 Å². The number of nitrogens with one attached hydrogen (secondary N) is 1. The van der Waals surface area contributed by atoms with E-state index in [9.17, 15) is 4.79 Å². The van der Waals surface area contributed by atoms with Crippen LogP contribution in [0.25, 0.3) is 20.8 Å². The zero-order chi connectivity index (χ0) is 22.5. The van der Waals surface area contributed by atoms with Crippen LogP contribution in [0.5, 0.6) is 5.75 Å². The maximum Gasteiger partial charge on any atom is 0.338 e. The molecule has 0 unspecified atom stereocenters. The second-order valence-electron chi connectivity index (χ2n) is 7.14. The summed E-state index contributed by atoms with van der Waals surface area (Å²) in [4.78, 5) is 25.3. The predicted molar refractivity (Wildman–Crippen MR) is 126 cm³/mol. The number of amidine groups is 1. The lowest BCUT2D eigenvalue weighted by molar-refractivity contribution is -0.138. The van der Waals surface area contributed by atoms with E-state index in [1.54, 1.807) is 7.11 Å². The van der Waals surface area contributed by atoms with Crippen LogP contribution in [0.2, 0.25) is 0 Å². The number of carbonyl (C=O) groups excluding carboxylic acids is 1. The Kier molecular flexibility index (Phi) is 6.47. The third kappa shape index (κ3) is 4.34. The van der Waals surface area contributed by atoms with Gasteiger partial charge in [-0.2, -0.15) is 0 Å². The van der Waals surface area contributed by atoms with Gasteiger partial charge in [0.25, 0.3) is 5.70 Å². The maximum absolute atomic E-state index is 12.6. The third-order valence-corrected chi connectivity index (χ3v) is 5.92. The molecule has 2 aromatic carbocycles. The first kappa shape index (κ1) is 21.5. The van der Waals surface area contributed by atoms with Crippen LogP contribution in [-0.2, 0) is 9.53 Å². The number of carbonyl (C=O) groups is 1. The molecule has 0 spiro atoms. The molecule has 0 radical (unpaired) electrons. The topological polar surface area (TPSA) is 77.2 Å². The molecule has 0 saturated carbocycles. The van der Waals surface area contributed by atoms with Crippen molar-refractivity contribution in [3.05, 3.63) is 70.7 Å². The molecule has 1 N–H and O–H groups in total. The molecule has 1 aliphatic heterocycles. The van der Waals surface area contributed by atoms with Crippen LogP contribution in [0, 0.1) is 6.57 Å². The molecule has 0 bridgehead atoms. The van der Waals surface area contributed by atoms with Crippen LogP contribution in [0.15, 0.2) is 53.2 Å². The molecule has 0 saturated heterocycles. The molecule has 32 heavy (non-hydrogen) atoms. The van der Waals surface area contributed by atoms with Crippen LogP contribution < -0.4 is 10.1 Å². The highest BCUT2D eigenvalue weighted by molar-refractivity contribution is 7.22. The zero-order valence-electron chi connectivity index (χ0n) is 17.8. The fourth-order valence-electron chi connectivity index (χ4n) is 3.39. The predicted octanol–water partition coefficient (Wildman–Crippen LogP) is 5.31. The summed E-state index contributed by atoms with van der Waals surface area (Å²) in [6, 6.07) is 13.2. The molecule has 0 atom stereocenters. The summed E-state index contributed by atoms with van der Waals surface area (Å²) >= 11 is 1.44. The highest BCUT2D eigenvalue weighted by Crippen LogP contribution is 2.34. The number of aliphatic imine (C=N–C) groups is 1. The summed E-state index contributed by atoms with van der Waals surface area (Å²) in [5.74, 6) is 0.678. The Balaban J connectivity index is 1.68. The Morgan fingerprint density at radius 2 is 2.03 bits per heavy atom. The fourth-order valence-corrected chi connectivity index (χ4v) is 4.26. The molecule has 1 aliphatic rings. The summed E-state index contributed by atoms with van der Waals surface area (Å²) in [6.45, 7) is 9.96. The first-order chi connectivity index (χ1) is 15.6. The Hall–Kier alpha value is -3.70. The highest BCUT2D eigenvalue weighted by Gasteiger charge is 2.28. The number of methoxy groups -OCH3 is 1. The Morgan fingerprint density at radius 1 is 1.22 bits per heavy atom. The largest absolute Gasteiger partial charge is 0.497 e. The van der Waals surface area contributed by atoms with Gasteiger partial charge in [-0.15, -0.1) is 0 Å². The van der Waals surface area contributed by atoms with Crippen LogP contribution in [-0.4, -0.2) is 30.5 Å². The molecule has 1 aromatic heterocycles. The Morgan fingerprint density at radius 3 is 2.78 bits per heavy atom. The smallest absolute Gasteiger partial charge is 0.338 e. The van der Waals surface area contributed by atoms with Crippen molar-refractivity contribution in [2.75, 3.05) is 13.7 Å². The van der Waals surface area contributed by atoms with Crippen LogP contribution in [0.4, 0.5) is 5.13 Å². The summed E-state index contributed by atoms with van der Waals surface area (Å²) in [6.07, 6.45) is 2.78. The van der Waals surface area contributed by atoms with Crippen molar-refractivity contribution >= 4 is 44.2 Å². The molecule has 4 rings (SSSR count). The van der Waals surface area contributed by atoms with Crippen molar-refractivity contribution in [3.8, 4) is 5.75 Å². The molecule has 162 valence electrons. The molecular weight excluding hydrogens is 424 g/mol. The van der Waals surface area contributed by atoms with Gasteiger partial charge in [0.15, 0.2) is 0 Å². The number of hydrogen-bond donors (Lipinski definition) is 1. The molecule has 0 amide bonds. The van der Waals surface area contributed by atoms with E-state index in [-0.39, 0.29) is 5.70 Å². The highest BCUT2D eigenvalue weighted by atomic mass is 32.1.